The van der Waals surface area contributed by atoms with Gasteiger partial charge in [-0.1, -0.05) is 6.92 Å². The average molecular weight is 378 g/mol. The minimum absolute atomic E-state index is 0.0346. The maximum atomic E-state index is 12.1. The summed E-state index contributed by atoms with van der Waals surface area (Å²) >= 11 is 1.18. The fourth-order valence-electron chi connectivity index (χ4n) is 1.74. The van der Waals surface area contributed by atoms with Crippen LogP contribution in [0.1, 0.15) is 17.6 Å². The van der Waals surface area contributed by atoms with E-state index in [2.05, 4.69) is 9.44 Å². The SMILES string of the molecule is CCc1ccc(S(=O)(=O)NCCS(=O)(=O)NCc2ccco2)s1. The quantitative estimate of drug-likeness (QED) is 0.684. The second kappa shape index (κ2) is 7.58. The molecule has 0 fully saturated rings. The van der Waals surface area contributed by atoms with Crippen molar-refractivity contribution in [3.8, 4) is 0 Å². The first-order chi connectivity index (χ1) is 10.8. The normalized spacial score (nSPS) is 12.6. The van der Waals surface area contributed by atoms with E-state index in [9.17, 15) is 16.8 Å². The van der Waals surface area contributed by atoms with E-state index >= 15 is 0 Å². The minimum atomic E-state index is -3.67. The van der Waals surface area contributed by atoms with E-state index in [1.165, 1.54) is 23.7 Å². The maximum Gasteiger partial charge on any atom is 0.250 e. The van der Waals surface area contributed by atoms with Crippen molar-refractivity contribution < 1.29 is 21.3 Å². The molecule has 128 valence electrons. The highest BCUT2D eigenvalue weighted by Crippen LogP contribution is 2.21. The van der Waals surface area contributed by atoms with Gasteiger partial charge in [-0.25, -0.2) is 26.3 Å². The topological polar surface area (TPSA) is 105 Å². The lowest BCUT2D eigenvalue weighted by atomic mass is 10.4. The molecule has 2 rings (SSSR count). The molecule has 0 bridgehead atoms. The maximum absolute atomic E-state index is 12.1. The molecule has 0 unspecified atom stereocenters. The minimum Gasteiger partial charge on any atom is -0.468 e. The molecule has 0 aliphatic heterocycles. The Morgan fingerprint density at radius 3 is 2.52 bits per heavy atom. The highest BCUT2D eigenvalue weighted by atomic mass is 32.2. The molecule has 2 aromatic heterocycles. The van der Waals surface area contributed by atoms with Crippen LogP contribution in [0, 0.1) is 0 Å². The summed E-state index contributed by atoms with van der Waals surface area (Å²) < 4.78 is 57.6. The Hall–Kier alpha value is -1.20. The molecule has 2 N–H and O–H groups in total. The number of hydrogen-bond donors (Lipinski definition) is 2. The molecule has 0 aliphatic carbocycles. The Balaban J connectivity index is 1.85. The van der Waals surface area contributed by atoms with Gasteiger partial charge in [-0.15, -0.1) is 11.3 Å². The summed E-state index contributed by atoms with van der Waals surface area (Å²) in [6, 6.07) is 6.58. The van der Waals surface area contributed by atoms with Crippen LogP contribution in [-0.4, -0.2) is 29.1 Å². The van der Waals surface area contributed by atoms with Crippen molar-refractivity contribution in [2.45, 2.75) is 24.1 Å². The van der Waals surface area contributed by atoms with Crippen molar-refractivity contribution in [1.29, 1.82) is 0 Å². The molecule has 7 nitrogen and oxygen atoms in total. The average Bonchev–Trinajstić information content (AvgIpc) is 3.16. The number of sulfonamides is 2. The van der Waals surface area contributed by atoms with Gasteiger partial charge in [0, 0.05) is 11.4 Å². The monoisotopic (exact) mass is 378 g/mol. The smallest absolute Gasteiger partial charge is 0.250 e. The highest BCUT2D eigenvalue weighted by Gasteiger charge is 2.18. The number of hydrogen-bond acceptors (Lipinski definition) is 6. The first kappa shape index (κ1) is 18.1. The van der Waals surface area contributed by atoms with E-state index in [4.69, 9.17) is 4.42 Å². The third-order valence-corrected chi connectivity index (χ3v) is 7.47. The number of aryl methyl sites for hydroxylation is 1. The summed E-state index contributed by atoms with van der Waals surface area (Å²) in [6.07, 6.45) is 2.20. The van der Waals surface area contributed by atoms with Crippen LogP contribution in [0.2, 0.25) is 0 Å². The fraction of sp³-hybridized carbons (Fsp3) is 0.385. The Kier molecular flexibility index (Phi) is 5.98. The first-order valence-corrected chi connectivity index (χ1v) is 10.9. The van der Waals surface area contributed by atoms with Gasteiger partial charge in [-0.2, -0.15) is 0 Å². The Morgan fingerprint density at radius 1 is 1.13 bits per heavy atom. The van der Waals surface area contributed by atoms with Crippen LogP contribution in [0.5, 0.6) is 0 Å². The molecule has 0 aliphatic rings. The van der Waals surface area contributed by atoms with E-state index < -0.39 is 20.0 Å². The summed E-state index contributed by atoms with van der Waals surface area (Å²) in [4.78, 5) is 0.957. The predicted molar refractivity (Wildman–Crippen MR) is 88.2 cm³/mol. The van der Waals surface area contributed by atoms with Gasteiger partial charge in [0.1, 0.15) is 9.97 Å². The molecule has 23 heavy (non-hydrogen) atoms. The van der Waals surface area contributed by atoms with Gasteiger partial charge in [0.05, 0.1) is 18.6 Å². The number of rotatable bonds is 9. The Morgan fingerprint density at radius 2 is 1.91 bits per heavy atom. The molecule has 0 saturated heterocycles. The van der Waals surface area contributed by atoms with Gasteiger partial charge in [0.2, 0.25) is 20.0 Å². The van der Waals surface area contributed by atoms with Crippen LogP contribution in [0.3, 0.4) is 0 Å². The summed E-state index contributed by atoms with van der Waals surface area (Å²) in [5, 5.41) is 0. The molecule has 0 aromatic carbocycles. The van der Waals surface area contributed by atoms with E-state index in [0.29, 0.717) is 5.76 Å². The summed E-state index contributed by atoms with van der Waals surface area (Å²) in [6.45, 7) is 1.77. The van der Waals surface area contributed by atoms with Gasteiger partial charge in [-0.3, -0.25) is 0 Å². The van der Waals surface area contributed by atoms with Crippen molar-refractivity contribution in [3.63, 3.8) is 0 Å². The standard InChI is InChI=1S/C13H18N2O5S3/c1-2-12-5-6-13(21-12)23(18,19)14-7-9-22(16,17)15-10-11-4-3-8-20-11/h3-6,8,14-15H,2,7,9-10H2,1H3. The van der Waals surface area contributed by atoms with E-state index in [-0.39, 0.29) is 23.1 Å². The van der Waals surface area contributed by atoms with Gasteiger partial charge in [0.15, 0.2) is 0 Å². The van der Waals surface area contributed by atoms with Crippen molar-refractivity contribution in [3.05, 3.63) is 41.2 Å². The van der Waals surface area contributed by atoms with Crippen molar-refractivity contribution in [2.75, 3.05) is 12.3 Å². The molecule has 0 amide bonds. The lowest BCUT2D eigenvalue weighted by molar-refractivity contribution is 0.498. The number of thiophene rings is 1. The largest absolute Gasteiger partial charge is 0.468 e. The Labute approximate surface area is 139 Å². The zero-order valence-electron chi connectivity index (χ0n) is 12.5. The third kappa shape index (κ3) is 5.43. The first-order valence-electron chi connectivity index (χ1n) is 6.90. The van der Waals surface area contributed by atoms with Crippen LogP contribution < -0.4 is 9.44 Å². The van der Waals surface area contributed by atoms with E-state index in [0.717, 1.165) is 11.3 Å². The molecule has 2 aromatic rings. The molecule has 0 spiro atoms. The van der Waals surface area contributed by atoms with Crippen LogP contribution in [0.4, 0.5) is 0 Å². The molecule has 10 heteroatoms. The van der Waals surface area contributed by atoms with Crippen molar-refractivity contribution >= 4 is 31.4 Å². The van der Waals surface area contributed by atoms with Gasteiger partial charge in [0.25, 0.3) is 0 Å². The number of furan rings is 1. The van der Waals surface area contributed by atoms with Gasteiger partial charge < -0.3 is 4.42 Å². The van der Waals surface area contributed by atoms with Gasteiger partial charge in [-0.05, 0) is 30.7 Å². The third-order valence-electron chi connectivity index (χ3n) is 2.96. The Bertz CT molecular complexity index is 823. The molecular weight excluding hydrogens is 360 g/mol. The van der Waals surface area contributed by atoms with Crippen LogP contribution in [0.15, 0.2) is 39.2 Å². The van der Waals surface area contributed by atoms with Crippen molar-refractivity contribution in [2.24, 2.45) is 0 Å². The van der Waals surface area contributed by atoms with Crippen LogP contribution in [-0.2, 0) is 33.0 Å². The summed E-state index contributed by atoms with van der Waals surface area (Å²) in [5.74, 6) is 0.138. The van der Waals surface area contributed by atoms with Crippen LogP contribution >= 0.6 is 11.3 Å². The van der Waals surface area contributed by atoms with E-state index in [1.54, 1.807) is 18.2 Å². The second-order valence-corrected chi connectivity index (χ2v) is 9.78. The summed E-state index contributed by atoms with van der Waals surface area (Å²) in [5.41, 5.74) is 0. The van der Waals surface area contributed by atoms with Gasteiger partial charge >= 0.3 is 0 Å². The zero-order chi connectivity index (χ0) is 16.9. The number of nitrogens with one attached hydrogen (secondary N) is 2. The second-order valence-electron chi connectivity index (χ2n) is 4.69. The summed E-state index contributed by atoms with van der Waals surface area (Å²) in [7, 11) is -7.27. The van der Waals surface area contributed by atoms with Crippen LogP contribution in [0.25, 0.3) is 0 Å². The lowest BCUT2D eigenvalue weighted by Gasteiger charge is -2.07. The lowest BCUT2D eigenvalue weighted by Crippen LogP contribution is -2.34. The van der Waals surface area contributed by atoms with Crippen molar-refractivity contribution in [1.82, 2.24) is 9.44 Å². The van der Waals surface area contributed by atoms with E-state index in [1.807, 2.05) is 6.92 Å². The zero-order valence-corrected chi connectivity index (χ0v) is 14.9. The molecule has 0 radical (unpaired) electrons. The predicted octanol–water partition coefficient (Wildman–Crippen LogP) is 1.30. The molecule has 0 atom stereocenters. The highest BCUT2D eigenvalue weighted by molar-refractivity contribution is 7.92. The molecular formula is C13H18N2O5S3. The molecule has 0 saturated carbocycles. The fourth-order valence-corrected chi connectivity index (χ4v) is 5.12. The molecule has 2 heterocycles.